The Morgan fingerprint density at radius 1 is 1.31 bits per heavy atom. The standard InChI is InChI=1S/C12H22BrN3/c1-6-9-11(13)10(16(7-2)15-9)8-14-12(3,4)5/h14H,6-8H2,1-5H3. The number of nitrogens with zero attached hydrogens (tertiary/aromatic N) is 2. The Morgan fingerprint density at radius 3 is 2.38 bits per heavy atom. The van der Waals surface area contributed by atoms with Gasteiger partial charge in [-0.05, 0) is 50.0 Å². The summed E-state index contributed by atoms with van der Waals surface area (Å²) in [5.74, 6) is 0. The molecule has 0 amide bonds. The molecule has 1 N–H and O–H groups in total. The fourth-order valence-electron chi connectivity index (χ4n) is 1.54. The highest BCUT2D eigenvalue weighted by atomic mass is 79.9. The van der Waals surface area contributed by atoms with Gasteiger partial charge in [0.2, 0.25) is 0 Å². The van der Waals surface area contributed by atoms with E-state index in [1.807, 2.05) is 0 Å². The molecule has 0 aliphatic rings. The predicted octanol–water partition coefficient (Wildman–Crippen LogP) is 3.12. The second kappa shape index (κ2) is 5.32. The van der Waals surface area contributed by atoms with Crippen LogP contribution in [0.3, 0.4) is 0 Å². The minimum Gasteiger partial charge on any atom is -0.306 e. The van der Waals surface area contributed by atoms with Crippen LogP contribution >= 0.6 is 15.9 Å². The third-order valence-corrected chi connectivity index (χ3v) is 3.40. The van der Waals surface area contributed by atoms with E-state index in [4.69, 9.17) is 0 Å². The summed E-state index contributed by atoms with van der Waals surface area (Å²) in [6.07, 6.45) is 0.968. The van der Waals surface area contributed by atoms with Crippen molar-refractivity contribution in [3.63, 3.8) is 0 Å². The normalized spacial score (nSPS) is 12.1. The average Bonchev–Trinajstić information content (AvgIpc) is 2.50. The second-order valence-corrected chi connectivity index (χ2v) is 5.77. The molecule has 0 radical (unpaired) electrons. The zero-order valence-electron chi connectivity index (χ0n) is 10.9. The first-order valence-corrected chi connectivity index (χ1v) is 6.67. The molecule has 0 aromatic carbocycles. The van der Waals surface area contributed by atoms with Gasteiger partial charge in [-0.3, -0.25) is 4.68 Å². The van der Waals surface area contributed by atoms with Crippen LogP contribution in [0, 0.1) is 0 Å². The van der Waals surface area contributed by atoms with E-state index >= 15 is 0 Å². The van der Waals surface area contributed by atoms with Crippen LogP contribution in [-0.4, -0.2) is 15.3 Å². The van der Waals surface area contributed by atoms with Crippen molar-refractivity contribution in [1.29, 1.82) is 0 Å². The predicted molar refractivity (Wildman–Crippen MR) is 71.6 cm³/mol. The van der Waals surface area contributed by atoms with E-state index in [1.165, 1.54) is 5.69 Å². The molecule has 4 heteroatoms. The number of hydrogen-bond acceptors (Lipinski definition) is 2. The van der Waals surface area contributed by atoms with Gasteiger partial charge in [0.1, 0.15) is 0 Å². The Labute approximate surface area is 107 Å². The first-order chi connectivity index (χ1) is 7.39. The van der Waals surface area contributed by atoms with Crippen molar-refractivity contribution in [2.45, 2.75) is 59.7 Å². The van der Waals surface area contributed by atoms with E-state index < -0.39 is 0 Å². The monoisotopic (exact) mass is 287 g/mol. The van der Waals surface area contributed by atoms with Gasteiger partial charge in [-0.15, -0.1) is 0 Å². The highest BCUT2D eigenvalue weighted by molar-refractivity contribution is 9.10. The van der Waals surface area contributed by atoms with Crippen LogP contribution in [0.2, 0.25) is 0 Å². The molecule has 1 aromatic heterocycles. The van der Waals surface area contributed by atoms with Crippen molar-refractivity contribution in [2.75, 3.05) is 0 Å². The maximum absolute atomic E-state index is 4.58. The topological polar surface area (TPSA) is 29.9 Å². The molecule has 1 heterocycles. The van der Waals surface area contributed by atoms with Gasteiger partial charge in [-0.1, -0.05) is 6.92 Å². The molecule has 0 atom stereocenters. The first-order valence-electron chi connectivity index (χ1n) is 5.88. The Bertz CT molecular complexity index is 350. The van der Waals surface area contributed by atoms with Crippen LogP contribution in [-0.2, 0) is 19.5 Å². The molecule has 0 saturated carbocycles. The van der Waals surface area contributed by atoms with Crippen LogP contribution < -0.4 is 5.32 Å². The molecule has 0 unspecified atom stereocenters. The summed E-state index contributed by atoms with van der Waals surface area (Å²) in [6, 6.07) is 0. The Balaban J connectivity index is 2.89. The van der Waals surface area contributed by atoms with E-state index in [0.29, 0.717) is 0 Å². The van der Waals surface area contributed by atoms with Crippen LogP contribution in [0.5, 0.6) is 0 Å². The summed E-state index contributed by atoms with van der Waals surface area (Å²) in [4.78, 5) is 0. The number of aryl methyl sites for hydroxylation is 2. The molecule has 0 saturated heterocycles. The summed E-state index contributed by atoms with van der Waals surface area (Å²) >= 11 is 3.65. The van der Waals surface area contributed by atoms with Gasteiger partial charge < -0.3 is 5.32 Å². The molecular weight excluding hydrogens is 266 g/mol. The minimum atomic E-state index is 0.134. The lowest BCUT2D eigenvalue weighted by Gasteiger charge is -2.20. The Morgan fingerprint density at radius 2 is 1.94 bits per heavy atom. The quantitative estimate of drug-likeness (QED) is 0.922. The first kappa shape index (κ1) is 13.7. The summed E-state index contributed by atoms with van der Waals surface area (Å²) in [5, 5.41) is 8.08. The lowest BCUT2D eigenvalue weighted by Crippen LogP contribution is -2.35. The molecule has 16 heavy (non-hydrogen) atoms. The fourth-order valence-corrected chi connectivity index (χ4v) is 2.24. The Hall–Kier alpha value is -0.350. The van der Waals surface area contributed by atoms with E-state index in [-0.39, 0.29) is 5.54 Å². The van der Waals surface area contributed by atoms with Gasteiger partial charge in [0, 0.05) is 18.6 Å². The maximum atomic E-state index is 4.58. The third-order valence-electron chi connectivity index (χ3n) is 2.48. The van der Waals surface area contributed by atoms with Crippen LogP contribution in [0.25, 0.3) is 0 Å². The van der Waals surface area contributed by atoms with Gasteiger partial charge >= 0.3 is 0 Å². The largest absolute Gasteiger partial charge is 0.306 e. The minimum absolute atomic E-state index is 0.134. The number of halogens is 1. The van der Waals surface area contributed by atoms with Crippen molar-refractivity contribution in [2.24, 2.45) is 0 Å². The van der Waals surface area contributed by atoms with Gasteiger partial charge in [0.15, 0.2) is 0 Å². The summed E-state index contributed by atoms with van der Waals surface area (Å²) in [6.45, 7) is 12.6. The van der Waals surface area contributed by atoms with Crippen LogP contribution in [0.1, 0.15) is 46.0 Å². The summed E-state index contributed by atoms with van der Waals surface area (Å²) in [7, 11) is 0. The Kier molecular flexibility index (Phi) is 4.56. The smallest absolute Gasteiger partial charge is 0.0767 e. The zero-order valence-corrected chi connectivity index (χ0v) is 12.5. The van der Waals surface area contributed by atoms with Crippen molar-refractivity contribution in [3.8, 4) is 0 Å². The molecule has 3 nitrogen and oxygen atoms in total. The van der Waals surface area contributed by atoms with Crippen LogP contribution in [0.15, 0.2) is 4.47 Å². The van der Waals surface area contributed by atoms with Gasteiger partial charge in [-0.25, -0.2) is 0 Å². The molecule has 1 aromatic rings. The van der Waals surface area contributed by atoms with E-state index in [1.54, 1.807) is 0 Å². The highest BCUT2D eigenvalue weighted by Gasteiger charge is 2.16. The molecule has 92 valence electrons. The number of hydrogen-bond donors (Lipinski definition) is 1. The van der Waals surface area contributed by atoms with E-state index in [9.17, 15) is 0 Å². The number of nitrogens with one attached hydrogen (secondary N) is 1. The molecule has 0 aliphatic carbocycles. The summed E-state index contributed by atoms with van der Waals surface area (Å²) < 4.78 is 3.23. The fraction of sp³-hybridized carbons (Fsp3) is 0.750. The van der Waals surface area contributed by atoms with Gasteiger partial charge in [-0.2, -0.15) is 5.10 Å². The number of rotatable bonds is 4. The zero-order chi connectivity index (χ0) is 12.3. The van der Waals surface area contributed by atoms with Crippen molar-refractivity contribution < 1.29 is 0 Å². The molecule has 0 fully saturated rings. The third kappa shape index (κ3) is 3.32. The number of aromatic nitrogens is 2. The molecule has 0 bridgehead atoms. The lowest BCUT2D eigenvalue weighted by molar-refractivity contribution is 0.412. The second-order valence-electron chi connectivity index (χ2n) is 4.98. The van der Waals surface area contributed by atoms with E-state index in [2.05, 4.69) is 65.6 Å². The lowest BCUT2D eigenvalue weighted by atomic mass is 10.1. The van der Waals surface area contributed by atoms with Gasteiger partial charge in [0.25, 0.3) is 0 Å². The van der Waals surface area contributed by atoms with Crippen molar-refractivity contribution in [3.05, 3.63) is 15.9 Å². The molecular formula is C12H22BrN3. The average molecular weight is 288 g/mol. The molecule has 0 spiro atoms. The SMILES string of the molecule is CCc1nn(CC)c(CNC(C)(C)C)c1Br. The maximum Gasteiger partial charge on any atom is 0.0767 e. The van der Waals surface area contributed by atoms with Gasteiger partial charge in [0.05, 0.1) is 15.9 Å². The molecule has 1 rings (SSSR count). The molecule has 0 aliphatic heterocycles. The van der Waals surface area contributed by atoms with Crippen LogP contribution in [0.4, 0.5) is 0 Å². The van der Waals surface area contributed by atoms with Crippen molar-refractivity contribution >= 4 is 15.9 Å². The summed E-state index contributed by atoms with van der Waals surface area (Å²) in [5.41, 5.74) is 2.52. The highest BCUT2D eigenvalue weighted by Crippen LogP contribution is 2.22. The van der Waals surface area contributed by atoms with Crippen molar-refractivity contribution in [1.82, 2.24) is 15.1 Å². The van der Waals surface area contributed by atoms with E-state index in [0.717, 1.165) is 29.7 Å².